The van der Waals surface area contributed by atoms with Crippen LogP contribution in [-0.2, 0) is 5.41 Å². The summed E-state index contributed by atoms with van der Waals surface area (Å²) in [4.78, 5) is 0. The summed E-state index contributed by atoms with van der Waals surface area (Å²) in [5, 5.41) is 0. The van der Waals surface area contributed by atoms with Crippen molar-refractivity contribution < 1.29 is 0 Å². The molecule has 0 nitrogen and oxygen atoms in total. The second-order valence-electron chi connectivity index (χ2n) is 6.22. The molecule has 0 heteroatoms. The van der Waals surface area contributed by atoms with Gasteiger partial charge in [-0.25, -0.2) is 0 Å². The average molecular weight is 347 g/mol. The summed E-state index contributed by atoms with van der Waals surface area (Å²) in [6, 6.07) is 28.6. The van der Waals surface area contributed by atoms with Gasteiger partial charge in [-0.15, -0.1) is 0 Å². The second kappa shape index (κ2) is 10.6. The first kappa shape index (κ1) is 21.7. The highest BCUT2D eigenvalue weighted by Gasteiger charge is 2.30. The molecular formula is C26H34. The van der Waals surface area contributed by atoms with Gasteiger partial charge in [0.25, 0.3) is 0 Å². The molecule has 0 aliphatic rings. The van der Waals surface area contributed by atoms with Gasteiger partial charge in [-0.05, 0) is 37.5 Å². The van der Waals surface area contributed by atoms with Gasteiger partial charge in [-0.2, -0.15) is 0 Å². The summed E-state index contributed by atoms with van der Waals surface area (Å²) in [7, 11) is 0. The van der Waals surface area contributed by atoms with Crippen molar-refractivity contribution in [1.29, 1.82) is 0 Å². The lowest BCUT2D eigenvalue weighted by Crippen LogP contribution is -2.25. The average Bonchev–Trinajstić information content (AvgIpc) is 2.72. The van der Waals surface area contributed by atoms with Crippen molar-refractivity contribution in [3.8, 4) is 0 Å². The maximum absolute atomic E-state index is 2.32. The third kappa shape index (κ3) is 4.85. The molecule has 0 fully saturated rings. The number of aryl methyl sites for hydroxylation is 2. The number of rotatable bonds is 3. The monoisotopic (exact) mass is 346 g/mol. The maximum atomic E-state index is 2.32. The predicted octanol–water partition coefficient (Wildman–Crippen LogP) is 7.71. The fourth-order valence-corrected chi connectivity index (χ4v) is 3.05. The summed E-state index contributed by atoms with van der Waals surface area (Å²) in [6.07, 6.45) is 0. The molecular weight excluding hydrogens is 312 g/mol. The minimum atomic E-state index is -0.136. The highest BCUT2D eigenvalue weighted by molar-refractivity contribution is 5.50. The maximum Gasteiger partial charge on any atom is 0.0423 e. The Morgan fingerprint density at radius 1 is 0.462 bits per heavy atom. The van der Waals surface area contributed by atoms with E-state index in [1.165, 1.54) is 27.8 Å². The van der Waals surface area contributed by atoms with Gasteiger partial charge < -0.3 is 0 Å². The van der Waals surface area contributed by atoms with E-state index in [-0.39, 0.29) is 5.41 Å². The van der Waals surface area contributed by atoms with E-state index in [0.29, 0.717) is 0 Å². The Morgan fingerprint density at radius 3 is 1.12 bits per heavy atom. The lowest BCUT2D eigenvalue weighted by atomic mass is 9.71. The highest BCUT2D eigenvalue weighted by Crippen LogP contribution is 2.38. The Morgan fingerprint density at radius 2 is 0.769 bits per heavy atom. The molecule has 0 aliphatic heterocycles. The van der Waals surface area contributed by atoms with Crippen molar-refractivity contribution in [2.24, 2.45) is 0 Å². The van der Waals surface area contributed by atoms with E-state index in [2.05, 4.69) is 99.6 Å². The molecule has 3 rings (SSSR count). The van der Waals surface area contributed by atoms with Crippen molar-refractivity contribution in [3.05, 3.63) is 107 Å². The smallest absolute Gasteiger partial charge is 0.0423 e. The molecule has 3 aromatic rings. The van der Waals surface area contributed by atoms with Crippen LogP contribution in [0.25, 0.3) is 0 Å². The number of hydrogen-bond donors (Lipinski definition) is 0. The van der Waals surface area contributed by atoms with Crippen LogP contribution in [-0.4, -0.2) is 0 Å². The Bertz CT molecular complexity index is 689. The van der Waals surface area contributed by atoms with Crippen LogP contribution in [0.4, 0.5) is 0 Å². The first-order chi connectivity index (χ1) is 12.6. The van der Waals surface area contributed by atoms with E-state index in [0.717, 1.165) is 0 Å². The minimum Gasteiger partial charge on any atom is -0.0683 e. The van der Waals surface area contributed by atoms with Crippen LogP contribution in [0.2, 0.25) is 0 Å². The lowest BCUT2D eigenvalue weighted by Gasteiger charge is -2.32. The molecule has 0 saturated heterocycles. The molecule has 0 atom stereocenters. The summed E-state index contributed by atoms with van der Waals surface area (Å²) in [5.74, 6) is 0. The Balaban J connectivity index is 0.000000791. The first-order valence-electron chi connectivity index (χ1n) is 9.80. The van der Waals surface area contributed by atoms with E-state index in [4.69, 9.17) is 0 Å². The molecule has 26 heavy (non-hydrogen) atoms. The van der Waals surface area contributed by atoms with Gasteiger partial charge in [0.05, 0.1) is 0 Å². The van der Waals surface area contributed by atoms with Crippen LogP contribution in [0, 0.1) is 13.8 Å². The Kier molecular flexibility index (Phi) is 8.85. The van der Waals surface area contributed by atoms with E-state index >= 15 is 0 Å². The molecule has 0 bridgehead atoms. The molecule has 138 valence electrons. The zero-order chi connectivity index (χ0) is 19.6. The van der Waals surface area contributed by atoms with Gasteiger partial charge in [0.15, 0.2) is 0 Å². The zero-order valence-corrected chi connectivity index (χ0v) is 17.5. The normalized spacial score (nSPS) is 10.1. The zero-order valence-electron chi connectivity index (χ0n) is 17.5. The van der Waals surface area contributed by atoms with Crippen molar-refractivity contribution >= 4 is 0 Å². The quantitative estimate of drug-likeness (QED) is 0.426. The molecule has 3 aromatic carbocycles. The van der Waals surface area contributed by atoms with Crippen LogP contribution in [0.15, 0.2) is 78.9 Å². The van der Waals surface area contributed by atoms with E-state index in [9.17, 15) is 0 Å². The van der Waals surface area contributed by atoms with Gasteiger partial charge in [-0.3, -0.25) is 0 Å². The van der Waals surface area contributed by atoms with Gasteiger partial charge in [0.1, 0.15) is 0 Å². The SMILES string of the molecule is CC.CC.Cc1ccc(C(C)(c2ccccc2)c2ccc(C)cc2)cc1. The Labute approximate surface area is 160 Å². The van der Waals surface area contributed by atoms with Gasteiger partial charge in [0, 0.05) is 5.41 Å². The fraction of sp³-hybridized carbons (Fsp3) is 0.308. The molecule has 0 saturated carbocycles. The van der Waals surface area contributed by atoms with Crippen molar-refractivity contribution in [3.63, 3.8) is 0 Å². The van der Waals surface area contributed by atoms with Gasteiger partial charge in [0.2, 0.25) is 0 Å². The first-order valence-corrected chi connectivity index (χ1v) is 9.80. The summed E-state index contributed by atoms with van der Waals surface area (Å²) < 4.78 is 0. The topological polar surface area (TPSA) is 0 Å². The molecule has 0 unspecified atom stereocenters. The van der Waals surface area contributed by atoms with E-state index < -0.39 is 0 Å². The molecule has 0 aromatic heterocycles. The van der Waals surface area contributed by atoms with Crippen molar-refractivity contribution in [2.75, 3.05) is 0 Å². The van der Waals surface area contributed by atoms with Gasteiger partial charge >= 0.3 is 0 Å². The van der Waals surface area contributed by atoms with Crippen LogP contribution >= 0.6 is 0 Å². The van der Waals surface area contributed by atoms with Gasteiger partial charge in [-0.1, -0.05) is 118 Å². The molecule has 0 heterocycles. The fourth-order valence-electron chi connectivity index (χ4n) is 3.05. The molecule has 0 N–H and O–H groups in total. The number of benzene rings is 3. The van der Waals surface area contributed by atoms with Crippen LogP contribution in [0.1, 0.15) is 62.4 Å². The Hall–Kier alpha value is -2.34. The summed E-state index contributed by atoms with van der Waals surface area (Å²) in [6.45, 7) is 14.6. The molecule has 0 radical (unpaired) electrons. The summed E-state index contributed by atoms with van der Waals surface area (Å²) >= 11 is 0. The third-order valence-electron chi connectivity index (χ3n) is 4.61. The van der Waals surface area contributed by atoms with Crippen molar-refractivity contribution in [2.45, 2.75) is 53.9 Å². The van der Waals surface area contributed by atoms with E-state index in [1.807, 2.05) is 27.7 Å². The lowest BCUT2D eigenvalue weighted by molar-refractivity contribution is 0.692. The third-order valence-corrected chi connectivity index (χ3v) is 4.61. The van der Waals surface area contributed by atoms with Crippen LogP contribution < -0.4 is 0 Å². The largest absolute Gasteiger partial charge is 0.0683 e. The molecule has 0 spiro atoms. The molecule has 0 amide bonds. The summed E-state index contributed by atoms with van der Waals surface area (Å²) in [5.41, 5.74) is 6.43. The standard InChI is InChI=1S/C22H22.2C2H6/c1-17-9-13-20(14-10-17)22(3,19-7-5-4-6-8-19)21-15-11-18(2)12-16-21;2*1-2/h4-16H,1-3H3;2*1-2H3. The second-order valence-corrected chi connectivity index (χ2v) is 6.22. The molecule has 0 aliphatic carbocycles. The highest BCUT2D eigenvalue weighted by atomic mass is 14.3. The minimum absolute atomic E-state index is 0.136. The van der Waals surface area contributed by atoms with Crippen LogP contribution in [0.3, 0.4) is 0 Å². The van der Waals surface area contributed by atoms with Crippen molar-refractivity contribution in [1.82, 2.24) is 0 Å². The number of hydrogen-bond acceptors (Lipinski definition) is 0. The van der Waals surface area contributed by atoms with Crippen LogP contribution in [0.5, 0.6) is 0 Å². The van der Waals surface area contributed by atoms with E-state index in [1.54, 1.807) is 0 Å². The predicted molar refractivity (Wildman–Crippen MR) is 117 cm³/mol.